The van der Waals surface area contributed by atoms with Crippen LogP contribution in [0.2, 0.25) is 0 Å². The van der Waals surface area contributed by atoms with Crippen molar-refractivity contribution in [3.63, 3.8) is 0 Å². The van der Waals surface area contributed by atoms with Crippen molar-refractivity contribution in [2.75, 3.05) is 6.54 Å². The lowest BCUT2D eigenvalue weighted by Gasteiger charge is -2.19. The molecule has 0 spiro atoms. The summed E-state index contributed by atoms with van der Waals surface area (Å²) in [6, 6.07) is 4.84. The van der Waals surface area contributed by atoms with Crippen LogP contribution in [0.15, 0.2) is 42.4 Å². The highest BCUT2D eigenvalue weighted by Crippen LogP contribution is 2.37. The number of carbonyl (C=O) groups excluding carboxylic acids is 1. The zero-order chi connectivity index (χ0) is 16.6. The van der Waals surface area contributed by atoms with E-state index in [1.165, 1.54) is 12.1 Å². The quantitative estimate of drug-likeness (QED) is 0.843. The normalized spacial score (nSPS) is 21.3. The van der Waals surface area contributed by atoms with E-state index in [0.29, 0.717) is 18.8 Å². The molecule has 0 bridgehead atoms. The number of hydrogen-bond donors (Lipinski definition) is 0. The van der Waals surface area contributed by atoms with Crippen LogP contribution in [0.25, 0.3) is 5.57 Å². The maximum atomic E-state index is 12.9. The molecule has 1 atom stereocenters. The number of hydrogen-bond acceptors (Lipinski definition) is 3. The Morgan fingerprint density at radius 3 is 2.74 bits per heavy atom. The standard InChI is InChI=1S/C17H16F3NO2/c1-2-13-15(22)14(16(23-13)21-8-3-4-9-21)11-6-5-7-12(10-11)17(18,19)20/h3,5-8,10,13H,2,4,9H2,1H3. The van der Waals surface area contributed by atoms with Gasteiger partial charge in [-0.2, -0.15) is 13.2 Å². The highest BCUT2D eigenvalue weighted by atomic mass is 19.4. The molecule has 0 aliphatic carbocycles. The molecule has 0 amide bonds. The first kappa shape index (κ1) is 15.6. The molecule has 1 unspecified atom stereocenters. The smallest absolute Gasteiger partial charge is 0.416 e. The number of Topliss-reactive ketones (excluding diaryl/α,β-unsaturated/α-hetero) is 1. The fourth-order valence-electron chi connectivity index (χ4n) is 2.77. The molecule has 0 aromatic heterocycles. The first-order chi connectivity index (χ1) is 10.9. The zero-order valence-corrected chi connectivity index (χ0v) is 12.6. The van der Waals surface area contributed by atoms with Gasteiger partial charge < -0.3 is 9.64 Å². The molecule has 6 heteroatoms. The Morgan fingerprint density at radius 2 is 2.13 bits per heavy atom. The van der Waals surface area contributed by atoms with Crippen LogP contribution in [0.1, 0.15) is 30.9 Å². The Bertz CT molecular complexity index is 691. The number of alkyl halides is 3. The predicted octanol–water partition coefficient (Wildman–Crippen LogP) is 3.97. The molecule has 0 saturated carbocycles. The molecule has 23 heavy (non-hydrogen) atoms. The van der Waals surface area contributed by atoms with E-state index in [9.17, 15) is 18.0 Å². The van der Waals surface area contributed by atoms with Crippen LogP contribution < -0.4 is 0 Å². The fourth-order valence-corrected chi connectivity index (χ4v) is 2.77. The maximum Gasteiger partial charge on any atom is 0.416 e. The van der Waals surface area contributed by atoms with Gasteiger partial charge in [0.15, 0.2) is 6.10 Å². The molecule has 3 rings (SSSR count). The number of rotatable bonds is 3. The van der Waals surface area contributed by atoms with E-state index in [1.54, 1.807) is 11.1 Å². The van der Waals surface area contributed by atoms with Crippen LogP contribution in [0.4, 0.5) is 13.2 Å². The fraction of sp³-hybridized carbons (Fsp3) is 0.353. The van der Waals surface area contributed by atoms with Crippen LogP contribution in [-0.2, 0) is 15.7 Å². The van der Waals surface area contributed by atoms with E-state index >= 15 is 0 Å². The van der Waals surface area contributed by atoms with Gasteiger partial charge in [0.05, 0.1) is 11.1 Å². The molecule has 2 heterocycles. The van der Waals surface area contributed by atoms with Crippen molar-refractivity contribution in [3.8, 4) is 0 Å². The molecular weight excluding hydrogens is 307 g/mol. The molecule has 0 N–H and O–H groups in total. The predicted molar refractivity (Wildman–Crippen MR) is 79.0 cm³/mol. The minimum absolute atomic E-state index is 0.231. The molecule has 0 radical (unpaired) electrons. The van der Waals surface area contributed by atoms with E-state index in [0.717, 1.165) is 18.6 Å². The third kappa shape index (κ3) is 2.85. The average molecular weight is 323 g/mol. The van der Waals surface area contributed by atoms with Crippen LogP contribution in [0.5, 0.6) is 0 Å². The van der Waals surface area contributed by atoms with Gasteiger partial charge in [-0.15, -0.1) is 0 Å². The monoisotopic (exact) mass is 323 g/mol. The largest absolute Gasteiger partial charge is 0.467 e. The van der Waals surface area contributed by atoms with Crippen LogP contribution in [0, 0.1) is 0 Å². The minimum Gasteiger partial charge on any atom is -0.467 e. The third-order valence-corrected chi connectivity index (χ3v) is 3.94. The molecule has 1 aromatic rings. The highest BCUT2D eigenvalue weighted by Gasteiger charge is 2.38. The second kappa shape index (κ2) is 5.76. The number of halogens is 3. The average Bonchev–Trinajstić information content (AvgIpc) is 3.14. The van der Waals surface area contributed by atoms with E-state index in [2.05, 4.69) is 0 Å². The van der Waals surface area contributed by atoms with Crippen LogP contribution in [0.3, 0.4) is 0 Å². The summed E-state index contributed by atoms with van der Waals surface area (Å²) in [5.41, 5.74) is -0.294. The Morgan fingerprint density at radius 1 is 1.35 bits per heavy atom. The number of nitrogens with zero attached hydrogens (tertiary/aromatic N) is 1. The Kier molecular flexibility index (Phi) is 3.92. The van der Waals surface area contributed by atoms with Gasteiger partial charge in [0.25, 0.3) is 0 Å². The second-order valence-corrected chi connectivity index (χ2v) is 5.50. The first-order valence-corrected chi connectivity index (χ1v) is 7.48. The molecule has 1 aromatic carbocycles. The lowest BCUT2D eigenvalue weighted by Crippen LogP contribution is -2.18. The molecule has 0 fully saturated rings. The van der Waals surface area contributed by atoms with Gasteiger partial charge in [-0.1, -0.05) is 25.1 Å². The van der Waals surface area contributed by atoms with Crippen molar-refractivity contribution >= 4 is 11.4 Å². The van der Waals surface area contributed by atoms with Gasteiger partial charge in [-0.3, -0.25) is 4.79 Å². The summed E-state index contributed by atoms with van der Waals surface area (Å²) in [5, 5.41) is 0. The molecule has 0 saturated heterocycles. The highest BCUT2D eigenvalue weighted by molar-refractivity contribution is 6.25. The first-order valence-electron chi connectivity index (χ1n) is 7.48. The number of carbonyl (C=O) groups is 1. The summed E-state index contributed by atoms with van der Waals surface area (Å²) in [6.45, 7) is 2.47. The van der Waals surface area contributed by atoms with Gasteiger partial charge in [-0.25, -0.2) is 0 Å². The van der Waals surface area contributed by atoms with E-state index in [4.69, 9.17) is 4.74 Å². The molecule has 2 aliphatic rings. The van der Waals surface area contributed by atoms with Gasteiger partial charge >= 0.3 is 6.18 Å². The number of benzene rings is 1. The summed E-state index contributed by atoms with van der Waals surface area (Å²) in [7, 11) is 0. The van der Waals surface area contributed by atoms with Crippen molar-refractivity contribution in [2.24, 2.45) is 0 Å². The molecule has 3 nitrogen and oxygen atoms in total. The third-order valence-electron chi connectivity index (χ3n) is 3.94. The molecule has 2 aliphatic heterocycles. The number of ketones is 1. The van der Waals surface area contributed by atoms with Crippen molar-refractivity contribution < 1.29 is 22.7 Å². The van der Waals surface area contributed by atoms with E-state index in [-0.39, 0.29) is 16.9 Å². The second-order valence-electron chi connectivity index (χ2n) is 5.50. The number of ether oxygens (including phenoxy) is 1. The summed E-state index contributed by atoms with van der Waals surface area (Å²) in [4.78, 5) is 14.3. The minimum atomic E-state index is -4.45. The topological polar surface area (TPSA) is 29.5 Å². The van der Waals surface area contributed by atoms with Gasteiger partial charge in [0.2, 0.25) is 11.7 Å². The summed E-state index contributed by atoms with van der Waals surface area (Å²) in [6.07, 6.45) is -0.0611. The Hall–Kier alpha value is -2.24. The Balaban J connectivity index is 2.08. The van der Waals surface area contributed by atoms with E-state index in [1.807, 2.05) is 13.0 Å². The Labute approximate surface area is 132 Å². The van der Waals surface area contributed by atoms with Crippen LogP contribution >= 0.6 is 0 Å². The lowest BCUT2D eigenvalue weighted by atomic mass is 9.97. The summed E-state index contributed by atoms with van der Waals surface area (Å²) in [5.74, 6) is 0.0945. The van der Waals surface area contributed by atoms with Gasteiger partial charge in [0.1, 0.15) is 0 Å². The molecular formula is C17H16F3NO2. The SMILES string of the molecule is CCC1OC(N2C=CCC2)=C(c2cccc(C(F)(F)F)c2)C1=O. The van der Waals surface area contributed by atoms with Crippen molar-refractivity contribution in [2.45, 2.75) is 32.0 Å². The van der Waals surface area contributed by atoms with Crippen molar-refractivity contribution in [3.05, 3.63) is 53.6 Å². The molecule has 122 valence electrons. The summed E-state index contributed by atoms with van der Waals surface area (Å²) >= 11 is 0. The maximum absolute atomic E-state index is 12.9. The summed E-state index contributed by atoms with van der Waals surface area (Å²) < 4.78 is 44.5. The zero-order valence-electron chi connectivity index (χ0n) is 12.6. The van der Waals surface area contributed by atoms with Crippen LogP contribution in [-0.4, -0.2) is 23.3 Å². The van der Waals surface area contributed by atoms with Crippen molar-refractivity contribution in [1.82, 2.24) is 4.90 Å². The van der Waals surface area contributed by atoms with E-state index < -0.39 is 17.8 Å². The van der Waals surface area contributed by atoms with Gasteiger partial charge in [-0.05, 0) is 30.5 Å². The van der Waals surface area contributed by atoms with Crippen molar-refractivity contribution in [1.29, 1.82) is 0 Å². The van der Waals surface area contributed by atoms with Gasteiger partial charge in [0, 0.05) is 12.7 Å². The lowest BCUT2D eigenvalue weighted by molar-refractivity contribution is -0.137.